The Morgan fingerprint density at radius 3 is 2.41 bits per heavy atom. The molecule has 0 aromatic heterocycles. The molecule has 1 rings (SSSR count). The number of unbranched alkanes of at least 4 members (excludes halogenated alkanes) is 1. The van der Waals surface area contributed by atoms with Crippen molar-refractivity contribution < 1.29 is 4.79 Å². The van der Waals surface area contributed by atoms with Crippen LogP contribution in [0.1, 0.15) is 65.2 Å². The first kappa shape index (κ1) is 14.3. The average Bonchev–Trinajstić information content (AvgIpc) is 2.32. The van der Waals surface area contributed by atoms with Gasteiger partial charge in [-0.1, -0.05) is 33.1 Å². The van der Waals surface area contributed by atoms with Crippen LogP contribution in [0.3, 0.4) is 0 Å². The molecule has 0 aliphatic heterocycles. The van der Waals surface area contributed by atoms with Gasteiger partial charge in [0.2, 0.25) is 0 Å². The maximum Gasteiger partial charge on any atom is 0.315 e. The Hall–Kier alpha value is -0.730. The number of carbonyl (C=O) groups is 1. The molecule has 1 fully saturated rings. The van der Waals surface area contributed by atoms with Gasteiger partial charge in [0.05, 0.1) is 0 Å². The van der Waals surface area contributed by atoms with Gasteiger partial charge in [-0.15, -0.1) is 0 Å². The third kappa shape index (κ3) is 5.94. The van der Waals surface area contributed by atoms with E-state index in [0.717, 1.165) is 38.1 Å². The van der Waals surface area contributed by atoms with Gasteiger partial charge in [-0.05, 0) is 38.0 Å². The number of rotatable bonds is 6. The summed E-state index contributed by atoms with van der Waals surface area (Å²) in [4.78, 5) is 11.6. The lowest BCUT2D eigenvalue weighted by Gasteiger charge is -2.28. The Labute approximate surface area is 106 Å². The van der Waals surface area contributed by atoms with Crippen LogP contribution in [0.5, 0.6) is 0 Å². The highest BCUT2D eigenvalue weighted by Gasteiger charge is 2.21. The lowest BCUT2D eigenvalue weighted by atomic mass is 9.83. The van der Waals surface area contributed by atoms with Crippen LogP contribution in [-0.2, 0) is 0 Å². The van der Waals surface area contributed by atoms with E-state index in [4.69, 9.17) is 0 Å². The second-order valence-electron chi connectivity index (χ2n) is 5.26. The summed E-state index contributed by atoms with van der Waals surface area (Å²) >= 11 is 0. The summed E-state index contributed by atoms with van der Waals surface area (Å²) in [6.45, 7) is 5.19. The van der Waals surface area contributed by atoms with Gasteiger partial charge in [0, 0.05) is 12.6 Å². The third-order valence-corrected chi connectivity index (χ3v) is 3.69. The highest BCUT2D eigenvalue weighted by molar-refractivity contribution is 5.74. The predicted molar refractivity (Wildman–Crippen MR) is 72.1 cm³/mol. The van der Waals surface area contributed by atoms with Crippen molar-refractivity contribution >= 4 is 6.03 Å². The van der Waals surface area contributed by atoms with E-state index in [2.05, 4.69) is 24.5 Å². The zero-order valence-electron chi connectivity index (χ0n) is 11.4. The summed E-state index contributed by atoms with van der Waals surface area (Å²) in [5, 5.41) is 6.01. The molecule has 0 spiro atoms. The van der Waals surface area contributed by atoms with Crippen molar-refractivity contribution in [2.45, 2.75) is 71.3 Å². The molecule has 0 unspecified atom stereocenters. The van der Waals surface area contributed by atoms with E-state index in [-0.39, 0.29) is 6.03 Å². The minimum Gasteiger partial charge on any atom is -0.338 e. The number of carbonyl (C=O) groups excluding carboxylic acids is 1. The van der Waals surface area contributed by atoms with E-state index in [1.165, 1.54) is 25.7 Å². The Morgan fingerprint density at radius 1 is 1.12 bits per heavy atom. The molecule has 3 nitrogen and oxygen atoms in total. The van der Waals surface area contributed by atoms with Crippen LogP contribution in [0.25, 0.3) is 0 Å². The van der Waals surface area contributed by atoms with Gasteiger partial charge in [-0.2, -0.15) is 0 Å². The Bertz CT molecular complexity index is 210. The van der Waals surface area contributed by atoms with Gasteiger partial charge >= 0.3 is 6.03 Å². The van der Waals surface area contributed by atoms with Crippen LogP contribution >= 0.6 is 0 Å². The van der Waals surface area contributed by atoms with Crippen molar-refractivity contribution in [1.29, 1.82) is 0 Å². The lowest BCUT2D eigenvalue weighted by molar-refractivity contribution is 0.225. The van der Waals surface area contributed by atoms with E-state index in [0.29, 0.717) is 6.04 Å². The van der Waals surface area contributed by atoms with E-state index >= 15 is 0 Å². The van der Waals surface area contributed by atoms with Crippen molar-refractivity contribution in [3.05, 3.63) is 0 Å². The highest BCUT2D eigenvalue weighted by atomic mass is 16.2. The summed E-state index contributed by atoms with van der Waals surface area (Å²) in [6, 6.07) is 0.433. The van der Waals surface area contributed by atoms with Gasteiger partial charge in [0.25, 0.3) is 0 Å². The van der Waals surface area contributed by atoms with Crippen LogP contribution in [0, 0.1) is 5.92 Å². The van der Waals surface area contributed by atoms with E-state index < -0.39 is 0 Å². The van der Waals surface area contributed by atoms with Crippen LogP contribution in [-0.4, -0.2) is 18.6 Å². The number of hydrogen-bond acceptors (Lipinski definition) is 1. The number of amides is 2. The third-order valence-electron chi connectivity index (χ3n) is 3.69. The topological polar surface area (TPSA) is 41.1 Å². The number of nitrogens with one attached hydrogen (secondary N) is 2. The van der Waals surface area contributed by atoms with Crippen LogP contribution in [0.4, 0.5) is 4.79 Å². The van der Waals surface area contributed by atoms with Crippen LogP contribution in [0.15, 0.2) is 0 Å². The summed E-state index contributed by atoms with van der Waals surface area (Å²) < 4.78 is 0. The molecule has 1 saturated carbocycles. The molecule has 3 heteroatoms. The van der Waals surface area contributed by atoms with Gasteiger partial charge in [-0.3, -0.25) is 0 Å². The van der Waals surface area contributed by atoms with Gasteiger partial charge in [0.15, 0.2) is 0 Å². The maximum absolute atomic E-state index is 11.6. The Kier molecular flexibility index (Phi) is 7.06. The maximum atomic E-state index is 11.6. The molecule has 2 N–H and O–H groups in total. The number of urea groups is 1. The Morgan fingerprint density at radius 2 is 1.82 bits per heavy atom. The van der Waals surface area contributed by atoms with E-state index in [1.807, 2.05) is 0 Å². The second-order valence-corrected chi connectivity index (χ2v) is 5.26. The van der Waals surface area contributed by atoms with Crippen molar-refractivity contribution in [2.24, 2.45) is 5.92 Å². The van der Waals surface area contributed by atoms with E-state index in [1.54, 1.807) is 0 Å². The molecule has 1 aliphatic carbocycles. The number of hydrogen-bond donors (Lipinski definition) is 2. The van der Waals surface area contributed by atoms with Crippen LogP contribution in [0.2, 0.25) is 0 Å². The molecule has 1 aliphatic rings. The first-order valence-corrected chi connectivity index (χ1v) is 7.30. The summed E-state index contributed by atoms with van der Waals surface area (Å²) in [5.74, 6) is 0.904. The second kappa shape index (κ2) is 8.37. The molecule has 17 heavy (non-hydrogen) atoms. The molecule has 0 heterocycles. The monoisotopic (exact) mass is 240 g/mol. The first-order valence-electron chi connectivity index (χ1n) is 7.30. The van der Waals surface area contributed by atoms with E-state index in [9.17, 15) is 4.79 Å². The molecule has 0 saturated heterocycles. The molecular weight excluding hydrogens is 212 g/mol. The average molecular weight is 240 g/mol. The van der Waals surface area contributed by atoms with Crippen molar-refractivity contribution in [3.63, 3.8) is 0 Å². The zero-order valence-corrected chi connectivity index (χ0v) is 11.4. The fourth-order valence-corrected chi connectivity index (χ4v) is 2.62. The minimum absolute atomic E-state index is 0.0254. The molecule has 0 aromatic rings. The van der Waals surface area contributed by atoms with Gasteiger partial charge < -0.3 is 10.6 Å². The molecule has 0 aromatic carbocycles. The summed E-state index contributed by atoms with van der Waals surface area (Å²) in [5.41, 5.74) is 0. The standard InChI is InChI=1S/C14H28N2O/c1-3-5-11-15-14(17)16-13-9-7-12(6-4-2)8-10-13/h12-13H,3-11H2,1-2H3,(H2,15,16,17). The van der Waals surface area contributed by atoms with Crippen molar-refractivity contribution in [3.8, 4) is 0 Å². The molecule has 100 valence electrons. The van der Waals surface area contributed by atoms with Crippen LogP contribution < -0.4 is 10.6 Å². The highest BCUT2D eigenvalue weighted by Crippen LogP contribution is 2.27. The largest absolute Gasteiger partial charge is 0.338 e. The Balaban J connectivity index is 2.10. The molecule has 2 amide bonds. The SMILES string of the molecule is CCCCNC(=O)NC1CCC(CCC)CC1. The predicted octanol–water partition coefficient (Wildman–Crippen LogP) is 3.44. The van der Waals surface area contributed by atoms with Crippen molar-refractivity contribution in [2.75, 3.05) is 6.54 Å². The van der Waals surface area contributed by atoms with Crippen molar-refractivity contribution in [1.82, 2.24) is 10.6 Å². The normalized spacial score (nSPS) is 24.4. The molecule has 0 radical (unpaired) electrons. The smallest absolute Gasteiger partial charge is 0.315 e. The summed E-state index contributed by atoms with van der Waals surface area (Å²) in [6.07, 6.45) is 9.73. The fourth-order valence-electron chi connectivity index (χ4n) is 2.62. The first-order chi connectivity index (χ1) is 8.26. The molecular formula is C14H28N2O. The fraction of sp³-hybridized carbons (Fsp3) is 0.929. The lowest BCUT2D eigenvalue weighted by Crippen LogP contribution is -2.43. The zero-order chi connectivity index (χ0) is 12.5. The quantitative estimate of drug-likeness (QED) is 0.686. The molecule has 0 bridgehead atoms. The van der Waals surface area contributed by atoms with Gasteiger partial charge in [-0.25, -0.2) is 4.79 Å². The van der Waals surface area contributed by atoms with Gasteiger partial charge in [0.1, 0.15) is 0 Å². The summed E-state index contributed by atoms with van der Waals surface area (Å²) in [7, 11) is 0. The minimum atomic E-state index is 0.0254. The molecule has 0 atom stereocenters.